The molecule has 5 nitrogen and oxygen atoms in total. The van der Waals surface area contributed by atoms with Crippen LogP contribution in [0.1, 0.15) is 12.5 Å². The standard InChI is InChI=1S/C11H15NO4/c1-4-12(3)8-6-5-7(2)9(13)10(8)16-11(14)15/h5-6,13H,4H2,1-3H3,(H,14,15). The van der Waals surface area contributed by atoms with Gasteiger partial charge in [-0.15, -0.1) is 0 Å². The van der Waals surface area contributed by atoms with E-state index in [-0.39, 0.29) is 11.5 Å². The lowest BCUT2D eigenvalue weighted by Crippen LogP contribution is -2.18. The fourth-order valence-corrected chi connectivity index (χ4v) is 1.32. The third kappa shape index (κ3) is 2.36. The van der Waals surface area contributed by atoms with Crippen molar-refractivity contribution in [1.29, 1.82) is 0 Å². The van der Waals surface area contributed by atoms with Gasteiger partial charge < -0.3 is 19.8 Å². The van der Waals surface area contributed by atoms with Crippen LogP contribution in [0.4, 0.5) is 10.5 Å². The Morgan fingerprint density at radius 1 is 1.50 bits per heavy atom. The van der Waals surface area contributed by atoms with Gasteiger partial charge in [0.25, 0.3) is 0 Å². The maximum atomic E-state index is 10.5. The number of phenols is 1. The molecule has 1 aromatic rings. The number of carbonyl (C=O) groups is 1. The van der Waals surface area contributed by atoms with Crippen LogP contribution in [-0.2, 0) is 0 Å². The monoisotopic (exact) mass is 225 g/mol. The van der Waals surface area contributed by atoms with Crippen molar-refractivity contribution in [1.82, 2.24) is 0 Å². The Bertz CT molecular complexity index is 403. The Morgan fingerprint density at radius 2 is 2.12 bits per heavy atom. The first-order valence-corrected chi connectivity index (χ1v) is 4.91. The van der Waals surface area contributed by atoms with Crippen LogP contribution < -0.4 is 9.64 Å². The van der Waals surface area contributed by atoms with Gasteiger partial charge in [-0.3, -0.25) is 0 Å². The van der Waals surface area contributed by atoms with Crippen molar-refractivity contribution in [2.24, 2.45) is 0 Å². The van der Waals surface area contributed by atoms with Gasteiger partial charge in [-0.25, -0.2) is 4.79 Å². The van der Waals surface area contributed by atoms with Gasteiger partial charge in [0, 0.05) is 13.6 Å². The second kappa shape index (κ2) is 4.74. The highest BCUT2D eigenvalue weighted by Gasteiger charge is 2.17. The summed E-state index contributed by atoms with van der Waals surface area (Å²) in [5, 5.41) is 18.4. The molecule has 0 heterocycles. The highest BCUT2D eigenvalue weighted by Crippen LogP contribution is 2.38. The van der Waals surface area contributed by atoms with Crippen LogP contribution in [0.5, 0.6) is 11.5 Å². The normalized spacial score (nSPS) is 9.94. The van der Waals surface area contributed by atoms with Crippen molar-refractivity contribution in [3.05, 3.63) is 17.7 Å². The molecule has 0 amide bonds. The molecule has 0 aliphatic carbocycles. The maximum absolute atomic E-state index is 10.5. The van der Waals surface area contributed by atoms with E-state index in [1.807, 2.05) is 6.92 Å². The predicted octanol–water partition coefficient (Wildman–Crippen LogP) is 2.21. The summed E-state index contributed by atoms with van der Waals surface area (Å²) in [5.41, 5.74) is 1.12. The molecular weight excluding hydrogens is 210 g/mol. The van der Waals surface area contributed by atoms with Crippen LogP contribution in [0.15, 0.2) is 12.1 Å². The fourth-order valence-electron chi connectivity index (χ4n) is 1.32. The van der Waals surface area contributed by atoms with Crippen molar-refractivity contribution >= 4 is 11.8 Å². The van der Waals surface area contributed by atoms with Crippen molar-refractivity contribution in [3.8, 4) is 11.5 Å². The number of carboxylic acid groups (broad SMARTS) is 1. The number of nitrogens with zero attached hydrogens (tertiary/aromatic N) is 1. The number of rotatable bonds is 3. The van der Waals surface area contributed by atoms with Gasteiger partial charge >= 0.3 is 6.16 Å². The van der Waals surface area contributed by atoms with Crippen molar-refractivity contribution < 1.29 is 19.7 Å². The Morgan fingerprint density at radius 3 is 2.62 bits per heavy atom. The molecule has 2 N–H and O–H groups in total. The summed E-state index contributed by atoms with van der Waals surface area (Å²) in [6.45, 7) is 4.28. The number of phenolic OH excluding ortho intramolecular Hbond substituents is 1. The van der Waals surface area contributed by atoms with Crippen molar-refractivity contribution in [2.45, 2.75) is 13.8 Å². The average Bonchev–Trinajstić information content (AvgIpc) is 2.23. The van der Waals surface area contributed by atoms with Gasteiger partial charge in [0.2, 0.25) is 0 Å². The first-order valence-electron chi connectivity index (χ1n) is 4.91. The van der Waals surface area contributed by atoms with Crippen LogP contribution in [0, 0.1) is 6.92 Å². The number of anilines is 1. The van der Waals surface area contributed by atoms with Gasteiger partial charge in [0.15, 0.2) is 11.5 Å². The third-order valence-corrected chi connectivity index (χ3v) is 2.39. The summed E-state index contributed by atoms with van der Waals surface area (Å²) in [7, 11) is 1.79. The zero-order valence-corrected chi connectivity index (χ0v) is 9.52. The highest BCUT2D eigenvalue weighted by molar-refractivity contribution is 5.72. The summed E-state index contributed by atoms with van der Waals surface area (Å²) in [4.78, 5) is 12.3. The van der Waals surface area contributed by atoms with E-state index in [0.29, 0.717) is 17.8 Å². The van der Waals surface area contributed by atoms with Crippen LogP contribution in [0.3, 0.4) is 0 Å². The maximum Gasteiger partial charge on any atom is 0.511 e. The van der Waals surface area contributed by atoms with Crippen LogP contribution in [-0.4, -0.2) is 30.0 Å². The van der Waals surface area contributed by atoms with E-state index in [1.54, 1.807) is 31.0 Å². The number of aryl methyl sites for hydroxylation is 1. The minimum Gasteiger partial charge on any atom is -0.504 e. The summed E-state index contributed by atoms with van der Waals surface area (Å²) in [6, 6.07) is 3.43. The molecule has 1 aromatic carbocycles. The minimum atomic E-state index is -1.44. The van der Waals surface area contributed by atoms with Crippen molar-refractivity contribution in [2.75, 3.05) is 18.5 Å². The third-order valence-electron chi connectivity index (χ3n) is 2.39. The van der Waals surface area contributed by atoms with Gasteiger partial charge in [0.1, 0.15) is 0 Å². The minimum absolute atomic E-state index is 0.0168. The molecule has 0 aromatic heterocycles. The van der Waals surface area contributed by atoms with E-state index in [4.69, 9.17) is 5.11 Å². The largest absolute Gasteiger partial charge is 0.511 e. The van der Waals surface area contributed by atoms with Crippen LogP contribution in [0.2, 0.25) is 0 Å². The van der Waals surface area contributed by atoms with Gasteiger partial charge in [0.05, 0.1) is 5.69 Å². The molecule has 0 radical (unpaired) electrons. The zero-order valence-electron chi connectivity index (χ0n) is 9.52. The topological polar surface area (TPSA) is 70.0 Å². The van der Waals surface area contributed by atoms with E-state index in [9.17, 15) is 9.90 Å². The summed E-state index contributed by atoms with van der Waals surface area (Å²) in [5.74, 6) is -0.156. The molecule has 0 spiro atoms. The summed E-state index contributed by atoms with van der Waals surface area (Å²) in [6.07, 6.45) is -1.44. The average molecular weight is 225 g/mol. The number of ether oxygens (including phenoxy) is 1. The lowest BCUT2D eigenvalue weighted by molar-refractivity contribution is 0.143. The quantitative estimate of drug-likeness (QED) is 0.609. The Labute approximate surface area is 93.9 Å². The molecule has 0 bridgehead atoms. The molecule has 0 unspecified atom stereocenters. The highest BCUT2D eigenvalue weighted by atomic mass is 16.7. The molecule has 0 saturated carbocycles. The van der Waals surface area contributed by atoms with Crippen molar-refractivity contribution in [3.63, 3.8) is 0 Å². The lowest BCUT2D eigenvalue weighted by Gasteiger charge is -2.20. The molecule has 88 valence electrons. The summed E-state index contributed by atoms with van der Waals surface area (Å²) >= 11 is 0. The second-order valence-electron chi connectivity index (χ2n) is 3.46. The molecular formula is C11H15NO4. The van der Waals surface area contributed by atoms with Crippen LogP contribution in [0.25, 0.3) is 0 Å². The molecule has 0 aliphatic heterocycles. The van der Waals surface area contributed by atoms with Gasteiger partial charge in [-0.05, 0) is 25.5 Å². The second-order valence-corrected chi connectivity index (χ2v) is 3.46. The molecule has 0 aliphatic rings. The molecule has 0 fully saturated rings. The number of hydrogen-bond donors (Lipinski definition) is 2. The molecule has 16 heavy (non-hydrogen) atoms. The van der Waals surface area contributed by atoms with E-state index in [2.05, 4.69) is 4.74 Å². The summed E-state index contributed by atoms with van der Waals surface area (Å²) < 4.78 is 4.60. The predicted molar refractivity (Wildman–Crippen MR) is 60.4 cm³/mol. The van der Waals surface area contributed by atoms with E-state index >= 15 is 0 Å². The number of benzene rings is 1. The Kier molecular flexibility index (Phi) is 3.60. The van der Waals surface area contributed by atoms with Crippen LogP contribution >= 0.6 is 0 Å². The van der Waals surface area contributed by atoms with E-state index in [0.717, 1.165) is 0 Å². The number of hydrogen-bond acceptors (Lipinski definition) is 4. The lowest BCUT2D eigenvalue weighted by atomic mass is 10.1. The van der Waals surface area contributed by atoms with Gasteiger partial charge in [-0.2, -0.15) is 0 Å². The Balaban J connectivity index is 3.26. The zero-order chi connectivity index (χ0) is 12.3. The molecule has 0 saturated heterocycles. The first-order chi connectivity index (χ1) is 7.47. The number of aromatic hydroxyl groups is 1. The molecule has 1 rings (SSSR count). The molecule has 5 heteroatoms. The first kappa shape index (κ1) is 12.2. The molecule has 0 atom stereocenters. The van der Waals surface area contributed by atoms with Gasteiger partial charge in [-0.1, -0.05) is 6.07 Å². The fraction of sp³-hybridized carbons (Fsp3) is 0.364. The SMILES string of the molecule is CCN(C)c1ccc(C)c(O)c1OC(=O)O. The smallest absolute Gasteiger partial charge is 0.504 e. The van der Waals surface area contributed by atoms with E-state index in [1.165, 1.54) is 0 Å². The Hall–Kier alpha value is -1.91. The van der Waals surface area contributed by atoms with E-state index < -0.39 is 6.16 Å².